The van der Waals surface area contributed by atoms with Crippen molar-refractivity contribution in [2.75, 3.05) is 0 Å². The molecule has 0 bridgehead atoms. The monoisotopic (exact) mass is 505 g/mol. The van der Waals surface area contributed by atoms with Crippen LogP contribution in [0.5, 0.6) is 11.5 Å². The van der Waals surface area contributed by atoms with Crippen LogP contribution in [0.1, 0.15) is 11.1 Å². The number of nitro benzene ring substituents is 1. The first-order valence-electron chi connectivity index (χ1n) is 8.27. The van der Waals surface area contributed by atoms with Gasteiger partial charge >= 0.3 is 11.9 Å². The second kappa shape index (κ2) is 8.73. The van der Waals surface area contributed by atoms with E-state index >= 15 is 0 Å². The molecular weight excluding hydrogens is 498 g/mol. The van der Waals surface area contributed by atoms with Crippen molar-refractivity contribution in [2.45, 2.75) is 6.18 Å². The highest BCUT2D eigenvalue weighted by Crippen LogP contribution is 2.42. The van der Waals surface area contributed by atoms with Gasteiger partial charge < -0.3 is 4.74 Å². The number of benzene rings is 2. The van der Waals surface area contributed by atoms with E-state index in [-0.39, 0.29) is 32.0 Å². The van der Waals surface area contributed by atoms with E-state index in [2.05, 4.69) is 10.6 Å². The largest absolute Gasteiger partial charge is 0.447 e. The SMILES string of the molecule is O=C1NC(=S)NC(=O)C1=Cc1cc(Cl)c(Oc2ccc(C(F)(F)F)cc2[N+](=O)[O-])c(Cl)c1. The Morgan fingerprint density at radius 1 is 1.06 bits per heavy atom. The van der Waals surface area contributed by atoms with E-state index in [4.69, 9.17) is 40.2 Å². The van der Waals surface area contributed by atoms with Crippen molar-refractivity contribution in [1.82, 2.24) is 10.6 Å². The molecule has 2 amide bonds. The van der Waals surface area contributed by atoms with Crippen molar-refractivity contribution in [2.24, 2.45) is 0 Å². The summed E-state index contributed by atoms with van der Waals surface area (Å²) in [5.41, 5.74) is -2.29. The maximum Gasteiger partial charge on any atom is 0.416 e. The van der Waals surface area contributed by atoms with E-state index in [1.807, 2.05) is 0 Å². The van der Waals surface area contributed by atoms with Gasteiger partial charge in [0.25, 0.3) is 11.8 Å². The second-order valence-electron chi connectivity index (χ2n) is 6.15. The van der Waals surface area contributed by atoms with Crippen LogP contribution in [0.2, 0.25) is 10.0 Å². The Morgan fingerprint density at radius 2 is 1.62 bits per heavy atom. The fraction of sp³-hybridized carbons (Fsp3) is 0.0556. The quantitative estimate of drug-likeness (QED) is 0.206. The molecule has 0 unspecified atom stereocenters. The van der Waals surface area contributed by atoms with Gasteiger partial charge in [0.1, 0.15) is 5.57 Å². The number of carbonyl (C=O) groups excluding carboxylic acids is 2. The van der Waals surface area contributed by atoms with Crippen molar-refractivity contribution in [3.05, 3.63) is 67.2 Å². The number of alkyl halides is 3. The molecule has 1 aliphatic heterocycles. The minimum absolute atomic E-state index is 0.157. The molecule has 166 valence electrons. The topological polar surface area (TPSA) is 111 Å². The summed E-state index contributed by atoms with van der Waals surface area (Å²) in [6, 6.07) is 4.16. The molecule has 2 N–H and O–H groups in total. The van der Waals surface area contributed by atoms with Crippen LogP contribution >= 0.6 is 35.4 Å². The minimum Gasteiger partial charge on any atom is -0.447 e. The molecule has 1 aliphatic rings. The van der Waals surface area contributed by atoms with Crippen molar-refractivity contribution >= 4 is 64.1 Å². The Hall–Kier alpha value is -3.22. The predicted molar refractivity (Wildman–Crippen MR) is 111 cm³/mol. The number of rotatable bonds is 4. The van der Waals surface area contributed by atoms with Crippen LogP contribution in [0.15, 0.2) is 35.9 Å². The molecule has 1 heterocycles. The van der Waals surface area contributed by atoms with Gasteiger partial charge in [-0.1, -0.05) is 23.2 Å². The summed E-state index contributed by atoms with van der Waals surface area (Å²) in [4.78, 5) is 34.0. The third-order valence-corrected chi connectivity index (χ3v) is 4.74. The number of thiocarbonyl (C=S) groups is 1. The number of ether oxygens (including phenoxy) is 1. The molecular formula is C18H8Cl2F3N3O5S. The second-order valence-corrected chi connectivity index (χ2v) is 7.37. The van der Waals surface area contributed by atoms with Gasteiger partial charge in [0.05, 0.1) is 20.5 Å². The maximum absolute atomic E-state index is 12.9. The van der Waals surface area contributed by atoms with Crippen molar-refractivity contribution in [3.63, 3.8) is 0 Å². The molecule has 3 rings (SSSR count). The van der Waals surface area contributed by atoms with Crippen LogP contribution in [0.3, 0.4) is 0 Å². The molecule has 2 aromatic rings. The molecule has 0 spiro atoms. The van der Waals surface area contributed by atoms with E-state index in [1.165, 1.54) is 12.1 Å². The first-order valence-corrected chi connectivity index (χ1v) is 9.44. The number of halogens is 5. The smallest absolute Gasteiger partial charge is 0.416 e. The lowest BCUT2D eigenvalue weighted by molar-refractivity contribution is -0.385. The molecule has 0 aromatic heterocycles. The third kappa shape index (κ3) is 4.98. The van der Waals surface area contributed by atoms with E-state index in [9.17, 15) is 32.9 Å². The van der Waals surface area contributed by atoms with Crippen molar-refractivity contribution < 1.29 is 32.4 Å². The van der Waals surface area contributed by atoms with Gasteiger partial charge in [-0.25, -0.2) is 0 Å². The van der Waals surface area contributed by atoms with E-state index in [1.54, 1.807) is 0 Å². The Labute approximate surface area is 192 Å². The summed E-state index contributed by atoms with van der Waals surface area (Å²) < 4.78 is 43.9. The fourth-order valence-electron chi connectivity index (χ4n) is 2.57. The Bertz CT molecular complexity index is 1170. The normalized spacial score (nSPS) is 14.0. The summed E-state index contributed by atoms with van der Waals surface area (Å²) >= 11 is 16.9. The molecule has 1 fully saturated rings. The lowest BCUT2D eigenvalue weighted by Gasteiger charge is -2.16. The number of nitrogens with one attached hydrogen (secondary N) is 2. The van der Waals surface area contributed by atoms with Gasteiger partial charge in [0.15, 0.2) is 10.9 Å². The van der Waals surface area contributed by atoms with Gasteiger partial charge in [-0.2, -0.15) is 13.2 Å². The van der Waals surface area contributed by atoms with Crippen LogP contribution in [-0.2, 0) is 15.8 Å². The highest BCUT2D eigenvalue weighted by atomic mass is 35.5. The Morgan fingerprint density at radius 3 is 2.12 bits per heavy atom. The van der Waals surface area contributed by atoms with Crippen LogP contribution in [0.25, 0.3) is 6.08 Å². The number of hydrogen-bond donors (Lipinski definition) is 2. The molecule has 0 aliphatic carbocycles. The number of carbonyl (C=O) groups is 2. The van der Waals surface area contributed by atoms with Crippen LogP contribution in [-0.4, -0.2) is 21.9 Å². The molecule has 32 heavy (non-hydrogen) atoms. The molecule has 8 nitrogen and oxygen atoms in total. The highest BCUT2D eigenvalue weighted by molar-refractivity contribution is 7.80. The van der Waals surface area contributed by atoms with Crippen molar-refractivity contribution in [3.8, 4) is 11.5 Å². The van der Waals surface area contributed by atoms with Crippen LogP contribution in [0.4, 0.5) is 18.9 Å². The lowest BCUT2D eigenvalue weighted by Crippen LogP contribution is -2.51. The average Bonchev–Trinajstić information content (AvgIpc) is 2.66. The third-order valence-electron chi connectivity index (χ3n) is 3.97. The minimum atomic E-state index is -4.80. The van der Waals surface area contributed by atoms with Gasteiger partial charge in [0, 0.05) is 6.07 Å². The number of amides is 2. The molecule has 1 saturated heterocycles. The first kappa shape index (κ1) is 23.4. The van der Waals surface area contributed by atoms with Gasteiger partial charge in [-0.3, -0.25) is 30.3 Å². The number of hydrogen-bond acceptors (Lipinski definition) is 6. The molecule has 0 atom stereocenters. The zero-order valence-corrected chi connectivity index (χ0v) is 17.6. The zero-order chi connectivity index (χ0) is 23.8. The number of nitrogens with zero attached hydrogens (tertiary/aromatic N) is 1. The first-order chi connectivity index (χ1) is 14.9. The summed E-state index contributed by atoms with van der Waals surface area (Å²) in [5.74, 6) is -2.33. The summed E-state index contributed by atoms with van der Waals surface area (Å²) in [6.07, 6.45) is -3.64. The standard InChI is InChI=1S/C18H8Cl2F3N3O5S/c19-10-4-7(3-9-15(27)24-17(32)25-16(9)28)5-11(20)14(10)31-13-2-1-8(18(21,22)23)6-12(13)26(29)30/h1-6H,(H2,24,25,27,28,32). The van der Waals surface area contributed by atoms with E-state index in [0.717, 1.165) is 12.1 Å². The maximum atomic E-state index is 12.9. The molecule has 2 aromatic carbocycles. The Kier molecular flexibility index (Phi) is 6.39. The zero-order valence-electron chi connectivity index (χ0n) is 15.3. The van der Waals surface area contributed by atoms with E-state index < -0.39 is 39.9 Å². The Balaban J connectivity index is 1.97. The lowest BCUT2D eigenvalue weighted by atomic mass is 10.1. The fourth-order valence-corrected chi connectivity index (χ4v) is 3.33. The van der Waals surface area contributed by atoms with Gasteiger partial charge in [0.2, 0.25) is 5.75 Å². The van der Waals surface area contributed by atoms with Crippen molar-refractivity contribution in [1.29, 1.82) is 0 Å². The average molecular weight is 506 g/mol. The van der Waals surface area contributed by atoms with Crippen LogP contribution < -0.4 is 15.4 Å². The number of nitro groups is 1. The summed E-state index contributed by atoms with van der Waals surface area (Å²) in [7, 11) is 0. The van der Waals surface area contributed by atoms with Crippen LogP contribution in [0, 0.1) is 10.1 Å². The predicted octanol–water partition coefficient (Wildman–Crippen LogP) is 4.63. The molecule has 0 saturated carbocycles. The molecule has 0 radical (unpaired) electrons. The highest BCUT2D eigenvalue weighted by Gasteiger charge is 2.34. The summed E-state index contributed by atoms with van der Waals surface area (Å²) in [6.45, 7) is 0. The van der Waals surface area contributed by atoms with Gasteiger partial charge in [-0.15, -0.1) is 0 Å². The van der Waals surface area contributed by atoms with E-state index in [0.29, 0.717) is 12.1 Å². The van der Waals surface area contributed by atoms with Gasteiger partial charge in [-0.05, 0) is 48.1 Å². The summed E-state index contributed by atoms with van der Waals surface area (Å²) in [5, 5.41) is 15.2. The molecule has 14 heteroatoms.